The minimum absolute atomic E-state index is 0.119. The molecular weight excluding hydrogens is 725 g/mol. The molecule has 10 aromatic rings. The van der Waals surface area contributed by atoms with Gasteiger partial charge in [-0.05, 0) is 75.7 Å². The molecule has 0 saturated carbocycles. The van der Waals surface area contributed by atoms with Gasteiger partial charge in [-0.25, -0.2) is 4.98 Å². The Kier molecular flexibility index (Phi) is 7.92. The molecule has 0 fully saturated rings. The summed E-state index contributed by atoms with van der Waals surface area (Å²) in [6.45, 7) is 7.51. The van der Waals surface area contributed by atoms with Crippen molar-refractivity contribution in [3.05, 3.63) is 176 Å². The number of pyridine rings is 1. The molecule has 0 amide bonds. The number of nitrogens with zero attached hydrogens (tertiary/aromatic N) is 4. The number of benzene rings is 7. The molecule has 286 valence electrons. The highest BCUT2D eigenvalue weighted by Crippen LogP contribution is 2.46. The van der Waals surface area contributed by atoms with Gasteiger partial charge < -0.3 is 19.0 Å². The maximum absolute atomic E-state index is 7.08. The van der Waals surface area contributed by atoms with Crippen molar-refractivity contribution in [2.75, 3.05) is 23.5 Å². The van der Waals surface area contributed by atoms with E-state index >= 15 is 0 Å². The molecule has 0 atom stereocenters. The molecule has 3 aromatic heterocycles. The third-order valence-corrected chi connectivity index (χ3v) is 11.8. The van der Waals surface area contributed by atoms with Crippen LogP contribution < -0.4 is 14.5 Å². The van der Waals surface area contributed by atoms with Crippen molar-refractivity contribution < 1.29 is 9.15 Å². The molecule has 1 aliphatic rings. The van der Waals surface area contributed by atoms with E-state index in [2.05, 4.69) is 188 Å². The number of fused-ring (bicyclic) bond motifs is 7. The van der Waals surface area contributed by atoms with Gasteiger partial charge in [0.2, 0.25) is 0 Å². The number of hydrogen-bond acceptors (Lipinski definition) is 5. The van der Waals surface area contributed by atoms with E-state index in [1.54, 1.807) is 0 Å². The zero-order chi connectivity index (χ0) is 39.8. The lowest BCUT2D eigenvalue weighted by molar-refractivity contribution is 0.479. The predicted molar refractivity (Wildman–Crippen MR) is 244 cm³/mol. The number of ether oxygens (including phenoxy) is 1. The van der Waals surface area contributed by atoms with E-state index < -0.39 is 0 Å². The standard InChI is InChI=1S/C53H42N4O2/c1-53(2,3)37-26-38(56-33-55(4)47-25-36(23-24-46(47)56)34-15-7-5-8-16-34)28-39(27-37)58-40-29-43(35-17-9-6-10-18-35)52-42-20-11-13-21-45(42)57(48(52)30-40)51-31-50-44(32-54-51)41-19-12-14-22-49(41)59-50/h5-32H,33H2,1-4H3. The summed E-state index contributed by atoms with van der Waals surface area (Å²) in [6.07, 6.45) is 1.94. The van der Waals surface area contributed by atoms with Gasteiger partial charge in [0.25, 0.3) is 0 Å². The summed E-state index contributed by atoms with van der Waals surface area (Å²) in [7, 11) is 2.17. The largest absolute Gasteiger partial charge is 0.457 e. The zero-order valence-corrected chi connectivity index (χ0v) is 33.5. The van der Waals surface area contributed by atoms with E-state index in [1.807, 2.05) is 24.4 Å². The fourth-order valence-electron chi connectivity index (χ4n) is 8.77. The van der Waals surface area contributed by atoms with Gasteiger partial charge in [-0.2, -0.15) is 0 Å². The molecule has 0 spiro atoms. The Morgan fingerprint density at radius 3 is 2.08 bits per heavy atom. The molecule has 4 heterocycles. The average Bonchev–Trinajstić information content (AvgIpc) is 3.92. The average molecular weight is 767 g/mol. The maximum atomic E-state index is 7.08. The van der Waals surface area contributed by atoms with Crippen LogP contribution in [0.1, 0.15) is 26.3 Å². The Morgan fingerprint density at radius 2 is 1.29 bits per heavy atom. The van der Waals surface area contributed by atoms with Crippen LogP contribution in [-0.2, 0) is 5.41 Å². The second kappa shape index (κ2) is 13.4. The van der Waals surface area contributed by atoms with Gasteiger partial charge >= 0.3 is 0 Å². The topological polar surface area (TPSA) is 46.7 Å². The van der Waals surface area contributed by atoms with Crippen molar-refractivity contribution in [3.63, 3.8) is 0 Å². The minimum atomic E-state index is -0.119. The van der Waals surface area contributed by atoms with Crippen LogP contribution in [0.3, 0.4) is 0 Å². The Balaban J connectivity index is 1.07. The van der Waals surface area contributed by atoms with Crippen LogP contribution in [0.5, 0.6) is 11.5 Å². The Bertz CT molecular complexity index is 3230. The van der Waals surface area contributed by atoms with Crippen LogP contribution in [-0.4, -0.2) is 23.3 Å². The summed E-state index contributed by atoms with van der Waals surface area (Å²) in [5, 5.41) is 4.34. The molecule has 0 bridgehead atoms. The molecule has 6 nitrogen and oxygen atoms in total. The Labute approximate surface area is 343 Å². The summed E-state index contributed by atoms with van der Waals surface area (Å²) in [6, 6.07) is 57.8. The fourth-order valence-corrected chi connectivity index (χ4v) is 8.77. The third-order valence-electron chi connectivity index (χ3n) is 11.8. The quantitative estimate of drug-likeness (QED) is 0.169. The summed E-state index contributed by atoms with van der Waals surface area (Å²) in [5.41, 5.74) is 12.9. The van der Waals surface area contributed by atoms with Crippen LogP contribution in [0.2, 0.25) is 0 Å². The molecule has 59 heavy (non-hydrogen) atoms. The first kappa shape index (κ1) is 34.9. The molecule has 0 radical (unpaired) electrons. The fraction of sp³-hybridized carbons (Fsp3) is 0.113. The van der Waals surface area contributed by atoms with Crippen molar-refractivity contribution in [2.45, 2.75) is 26.2 Å². The lowest BCUT2D eigenvalue weighted by Gasteiger charge is -2.26. The van der Waals surface area contributed by atoms with Crippen LogP contribution >= 0.6 is 0 Å². The Morgan fingerprint density at radius 1 is 0.576 bits per heavy atom. The van der Waals surface area contributed by atoms with Crippen LogP contribution in [0.15, 0.2) is 174 Å². The first-order valence-corrected chi connectivity index (χ1v) is 20.2. The highest BCUT2D eigenvalue weighted by molar-refractivity contribution is 6.16. The van der Waals surface area contributed by atoms with Crippen LogP contribution in [0.25, 0.3) is 71.8 Å². The summed E-state index contributed by atoms with van der Waals surface area (Å²) in [4.78, 5) is 9.79. The third kappa shape index (κ3) is 5.90. The van der Waals surface area contributed by atoms with E-state index in [-0.39, 0.29) is 5.41 Å². The maximum Gasteiger partial charge on any atom is 0.141 e. The van der Waals surface area contributed by atoms with Crippen molar-refractivity contribution in [1.82, 2.24) is 9.55 Å². The lowest BCUT2D eigenvalue weighted by atomic mass is 9.86. The molecule has 0 N–H and O–H groups in total. The molecule has 11 rings (SSSR count). The summed E-state index contributed by atoms with van der Waals surface area (Å²) in [5.74, 6) is 2.31. The second-order valence-electron chi connectivity index (χ2n) is 16.6. The molecule has 6 heteroatoms. The number of furan rings is 1. The van der Waals surface area contributed by atoms with Gasteiger partial charge in [0.05, 0.1) is 29.1 Å². The Hall–Kier alpha value is -7.31. The van der Waals surface area contributed by atoms with Crippen molar-refractivity contribution in [2.24, 2.45) is 0 Å². The number of aromatic nitrogens is 2. The lowest BCUT2D eigenvalue weighted by Crippen LogP contribution is -2.24. The molecule has 0 unspecified atom stereocenters. The molecule has 7 aromatic carbocycles. The van der Waals surface area contributed by atoms with Gasteiger partial charge in [0.1, 0.15) is 28.5 Å². The highest BCUT2D eigenvalue weighted by Gasteiger charge is 2.28. The van der Waals surface area contributed by atoms with Gasteiger partial charge in [-0.3, -0.25) is 4.57 Å². The molecule has 1 aliphatic heterocycles. The van der Waals surface area contributed by atoms with Crippen molar-refractivity contribution >= 4 is 60.8 Å². The van der Waals surface area contributed by atoms with Crippen LogP contribution in [0.4, 0.5) is 17.1 Å². The number of anilines is 3. The van der Waals surface area contributed by atoms with E-state index in [9.17, 15) is 0 Å². The van der Waals surface area contributed by atoms with Gasteiger partial charge in [0, 0.05) is 58.7 Å². The number of hydrogen-bond donors (Lipinski definition) is 0. The van der Waals surface area contributed by atoms with Crippen LogP contribution in [0, 0.1) is 0 Å². The van der Waals surface area contributed by atoms with E-state index in [4.69, 9.17) is 14.1 Å². The van der Waals surface area contributed by atoms with E-state index in [0.717, 1.165) is 84.5 Å². The first-order chi connectivity index (χ1) is 28.8. The zero-order valence-electron chi connectivity index (χ0n) is 33.5. The monoisotopic (exact) mass is 766 g/mol. The minimum Gasteiger partial charge on any atom is -0.457 e. The van der Waals surface area contributed by atoms with Crippen molar-refractivity contribution in [1.29, 1.82) is 0 Å². The smallest absolute Gasteiger partial charge is 0.141 e. The molecule has 0 saturated heterocycles. The first-order valence-electron chi connectivity index (χ1n) is 20.2. The van der Waals surface area contributed by atoms with Gasteiger partial charge in [-0.15, -0.1) is 0 Å². The summed E-state index contributed by atoms with van der Waals surface area (Å²) >= 11 is 0. The van der Waals surface area contributed by atoms with Gasteiger partial charge in [-0.1, -0.05) is 124 Å². The second-order valence-corrected chi connectivity index (χ2v) is 16.6. The molecule has 0 aliphatic carbocycles. The molecular formula is C53H42N4O2. The van der Waals surface area contributed by atoms with E-state index in [0.29, 0.717) is 0 Å². The summed E-state index contributed by atoms with van der Waals surface area (Å²) < 4.78 is 15.7. The van der Waals surface area contributed by atoms with Gasteiger partial charge in [0.15, 0.2) is 0 Å². The number of rotatable bonds is 6. The van der Waals surface area contributed by atoms with Crippen molar-refractivity contribution in [3.8, 4) is 39.6 Å². The predicted octanol–water partition coefficient (Wildman–Crippen LogP) is 14.0. The number of para-hydroxylation sites is 2. The SMILES string of the molecule is CN1CN(c2cc(Oc3cc(-c4ccccc4)c4c5ccccc5n(-c5cc6oc7ccccc7c6cn5)c4c3)cc(C(C)(C)C)c2)c2ccc(-c3ccccc3)cc21. The highest BCUT2D eigenvalue weighted by atomic mass is 16.5. The normalized spacial score (nSPS) is 12.9. The van der Waals surface area contributed by atoms with E-state index in [1.165, 1.54) is 28.1 Å².